The number of aromatic amines is 4. The Morgan fingerprint density at radius 3 is 1.87 bits per heavy atom. The zero-order chi connectivity index (χ0) is 22.2. The lowest BCUT2D eigenvalue weighted by molar-refractivity contribution is -0.386. The van der Waals surface area contributed by atoms with E-state index in [1.807, 2.05) is 0 Å². The van der Waals surface area contributed by atoms with Gasteiger partial charge >= 0.3 is 5.69 Å². The average molecular weight is 417 g/mol. The number of hydrogen-bond acceptors (Lipinski definition) is 6. The van der Waals surface area contributed by atoms with Gasteiger partial charge in [0.1, 0.15) is 0 Å². The largest absolute Gasteiger partial charge is 0.493 e. The highest BCUT2D eigenvalue weighted by molar-refractivity contribution is 5.61. The maximum Gasteiger partial charge on any atom is 0.315 e. The van der Waals surface area contributed by atoms with Crippen LogP contribution in [0.3, 0.4) is 0 Å². The monoisotopic (exact) mass is 417 g/mol. The van der Waals surface area contributed by atoms with Crippen LogP contribution in [0.15, 0.2) is 21.7 Å². The number of nitrogens with zero attached hydrogens (tertiary/aromatic N) is 1. The number of methoxy groups -OCH3 is 1. The van der Waals surface area contributed by atoms with Crippen molar-refractivity contribution < 1.29 is 14.4 Å². The van der Waals surface area contributed by atoms with Crippen LogP contribution in [0.1, 0.15) is 47.8 Å². The minimum absolute atomic E-state index is 0.0144. The molecule has 3 aromatic rings. The van der Waals surface area contributed by atoms with Crippen LogP contribution >= 0.6 is 0 Å². The van der Waals surface area contributed by atoms with Crippen LogP contribution in [-0.2, 0) is 0 Å². The van der Waals surface area contributed by atoms with Gasteiger partial charge in [-0.2, -0.15) is 0 Å². The van der Waals surface area contributed by atoms with Gasteiger partial charge in [0, 0.05) is 23.4 Å². The second-order valence-corrected chi connectivity index (χ2v) is 7.16. The van der Waals surface area contributed by atoms with Gasteiger partial charge < -0.3 is 19.7 Å². The quantitative estimate of drug-likeness (QED) is 0.341. The SMILES string of the molecule is COc1cc(C(c2c(C)[nH][nH]c2=O)c2c(C)[nH][nH]c2=O)cc([N+](=O)[O-])c1OC(C)C. The van der Waals surface area contributed by atoms with Crippen LogP contribution in [0.25, 0.3) is 0 Å². The fourth-order valence-corrected chi connectivity index (χ4v) is 3.50. The van der Waals surface area contributed by atoms with Crippen molar-refractivity contribution in [2.45, 2.75) is 39.7 Å². The summed E-state index contributed by atoms with van der Waals surface area (Å²) in [6, 6.07) is 2.86. The third-order valence-corrected chi connectivity index (χ3v) is 4.76. The Hall–Kier alpha value is -3.76. The fourth-order valence-electron chi connectivity index (χ4n) is 3.50. The second kappa shape index (κ2) is 7.93. The highest BCUT2D eigenvalue weighted by atomic mass is 16.6. The van der Waals surface area contributed by atoms with Crippen molar-refractivity contribution in [3.8, 4) is 11.5 Å². The van der Waals surface area contributed by atoms with E-state index >= 15 is 0 Å². The number of hydrogen-bond donors (Lipinski definition) is 4. The molecule has 1 aromatic carbocycles. The highest BCUT2D eigenvalue weighted by Gasteiger charge is 2.32. The summed E-state index contributed by atoms with van der Waals surface area (Å²) in [5.41, 5.74) is 0.731. The molecule has 0 spiro atoms. The van der Waals surface area contributed by atoms with E-state index in [1.54, 1.807) is 33.8 Å². The molecule has 0 aliphatic rings. The number of H-pyrrole nitrogens is 4. The molecule has 0 fully saturated rings. The Labute approximate surface area is 170 Å². The fraction of sp³-hybridized carbons (Fsp3) is 0.368. The van der Waals surface area contributed by atoms with Crippen LogP contribution in [0.5, 0.6) is 11.5 Å². The van der Waals surface area contributed by atoms with E-state index in [-0.39, 0.29) is 34.4 Å². The average Bonchev–Trinajstić information content (AvgIpc) is 3.18. The minimum atomic E-state index is -0.879. The normalized spacial score (nSPS) is 11.3. The van der Waals surface area contributed by atoms with E-state index in [1.165, 1.54) is 13.2 Å². The van der Waals surface area contributed by atoms with Crippen LogP contribution in [0, 0.1) is 24.0 Å². The third-order valence-electron chi connectivity index (χ3n) is 4.76. The minimum Gasteiger partial charge on any atom is -0.493 e. The Kier molecular flexibility index (Phi) is 5.54. The number of benzene rings is 1. The Morgan fingerprint density at radius 1 is 0.967 bits per heavy atom. The Morgan fingerprint density at radius 2 is 1.50 bits per heavy atom. The molecule has 11 nitrogen and oxygen atoms in total. The predicted molar refractivity (Wildman–Crippen MR) is 109 cm³/mol. The number of rotatable bonds is 7. The van der Waals surface area contributed by atoms with Gasteiger partial charge in [-0.1, -0.05) is 0 Å². The molecule has 0 bridgehead atoms. The zero-order valence-corrected chi connectivity index (χ0v) is 17.2. The van der Waals surface area contributed by atoms with Crippen molar-refractivity contribution >= 4 is 5.69 Å². The molecule has 0 unspecified atom stereocenters. The molecule has 2 heterocycles. The number of nitro groups is 1. The topological polar surface area (TPSA) is 159 Å². The lowest BCUT2D eigenvalue weighted by Gasteiger charge is -2.19. The lowest BCUT2D eigenvalue weighted by atomic mass is 9.85. The molecule has 0 atom stereocenters. The van der Waals surface area contributed by atoms with E-state index in [4.69, 9.17) is 9.47 Å². The molecule has 3 rings (SSSR count). The molecule has 160 valence electrons. The molecule has 0 saturated heterocycles. The van der Waals surface area contributed by atoms with E-state index in [2.05, 4.69) is 20.4 Å². The molecule has 11 heteroatoms. The smallest absolute Gasteiger partial charge is 0.315 e. The van der Waals surface area contributed by atoms with E-state index in [0.717, 1.165) is 0 Å². The number of nitro benzene ring substituents is 1. The van der Waals surface area contributed by atoms with Crippen LogP contribution < -0.4 is 20.6 Å². The molecule has 0 saturated carbocycles. The van der Waals surface area contributed by atoms with Gasteiger partial charge in [-0.25, -0.2) is 0 Å². The first-order valence-electron chi connectivity index (χ1n) is 9.22. The molecule has 0 amide bonds. The van der Waals surface area contributed by atoms with Gasteiger partial charge in [0.15, 0.2) is 5.75 Å². The van der Waals surface area contributed by atoms with Crippen LogP contribution in [-0.4, -0.2) is 38.5 Å². The standard InChI is InChI=1S/C19H23N5O6/c1-8(2)30-17-12(24(27)28)6-11(7-13(17)29-5)16(14-9(3)20-22-18(14)25)15-10(4)21-23-19(15)26/h6-8,16H,1-5H3,(H2,20,22,25)(H2,21,23,26). The molecule has 0 aliphatic carbocycles. The predicted octanol–water partition coefficient (Wildman–Crippen LogP) is 2.22. The van der Waals surface area contributed by atoms with Crippen molar-refractivity contribution in [1.82, 2.24) is 20.4 Å². The first-order chi connectivity index (χ1) is 14.1. The first kappa shape index (κ1) is 21.0. The van der Waals surface area contributed by atoms with E-state index in [9.17, 15) is 19.7 Å². The first-order valence-corrected chi connectivity index (χ1v) is 9.22. The van der Waals surface area contributed by atoms with Crippen molar-refractivity contribution in [2.24, 2.45) is 0 Å². The summed E-state index contributed by atoms with van der Waals surface area (Å²) in [6.45, 7) is 6.84. The number of aryl methyl sites for hydroxylation is 2. The summed E-state index contributed by atoms with van der Waals surface area (Å²) in [4.78, 5) is 36.3. The van der Waals surface area contributed by atoms with Gasteiger partial charge in [0.25, 0.3) is 11.1 Å². The molecule has 2 aromatic heterocycles. The Balaban J connectivity index is 2.37. The molecule has 0 aliphatic heterocycles. The number of aromatic nitrogens is 4. The maximum atomic E-state index is 12.6. The Bertz CT molecular complexity index is 1140. The van der Waals surface area contributed by atoms with Crippen molar-refractivity contribution in [1.29, 1.82) is 0 Å². The van der Waals surface area contributed by atoms with Crippen LogP contribution in [0.4, 0.5) is 5.69 Å². The summed E-state index contributed by atoms with van der Waals surface area (Å²) in [6.07, 6.45) is -0.330. The van der Waals surface area contributed by atoms with Gasteiger partial charge in [-0.3, -0.25) is 29.9 Å². The summed E-state index contributed by atoms with van der Waals surface area (Å²) >= 11 is 0. The van der Waals surface area contributed by atoms with Crippen LogP contribution in [0.2, 0.25) is 0 Å². The molecule has 0 radical (unpaired) electrons. The van der Waals surface area contributed by atoms with Crippen molar-refractivity contribution in [2.75, 3.05) is 7.11 Å². The molecule has 30 heavy (non-hydrogen) atoms. The zero-order valence-electron chi connectivity index (χ0n) is 17.2. The summed E-state index contributed by atoms with van der Waals surface area (Å²) in [5.74, 6) is -0.762. The lowest BCUT2D eigenvalue weighted by Crippen LogP contribution is -2.20. The maximum absolute atomic E-state index is 12.6. The van der Waals surface area contributed by atoms with Gasteiger partial charge in [0.2, 0.25) is 5.75 Å². The third kappa shape index (κ3) is 3.61. The van der Waals surface area contributed by atoms with Gasteiger partial charge in [-0.05, 0) is 39.3 Å². The summed E-state index contributed by atoms with van der Waals surface area (Å²) < 4.78 is 11.0. The number of ether oxygens (including phenoxy) is 2. The molecular formula is C19H23N5O6. The number of nitrogens with one attached hydrogen (secondary N) is 4. The molecule has 4 N–H and O–H groups in total. The van der Waals surface area contributed by atoms with E-state index in [0.29, 0.717) is 17.0 Å². The highest BCUT2D eigenvalue weighted by Crippen LogP contribution is 2.43. The summed E-state index contributed by atoms with van der Waals surface area (Å²) in [7, 11) is 1.37. The summed E-state index contributed by atoms with van der Waals surface area (Å²) in [5, 5.41) is 22.3. The van der Waals surface area contributed by atoms with Crippen molar-refractivity contribution in [3.05, 3.63) is 71.0 Å². The second-order valence-electron chi connectivity index (χ2n) is 7.16. The van der Waals surface area contributed by atoms with Gasteiger partial charge in [-0.15, -0.1) is 0 Å². The molecular weight excluding hydrogens is 394 g/mol. The van der Waals surface area contributed by atoms with Gasteiger partial charge in [0.05, 0.1) is 29.3 Å². The van der Waals surface area contributed by atoms with Crippen molar-refractivity contribution in [3.63, 3.8) is 0 Å². The van der Waals surface area contributed by atoms with E-state index < -0.39 is 22.0 Å².